The lowest BCUT2D eigenvalue weighted by molar-refractivity contribution is -0.163. The lowest BCUT2D eigenvalue weighted by Crippen LogP contribution is -2.34. The molecule has 2 saturated heterocycles. The number of nitrogens with zero attached hydrogens (tertiary/aromatic N) is 1. The summed E-state index contributed by atoms with van der Waals surface area (Å²) in [5.74, 6) is 0.105. The molecule has 5 heteroatoms. The summed E-state index contributed by atoms with van der Waals surface area (Å²) in [7, 11) is 0. The number of ether oxygens (including phenoxy) is 2. The SMILES string of the molecule is O=C[C@@H]1CCC(=O)N1CCCCOC1CCCCO1. The van der Waals surface area contributed by atoms with Gasteiger partial charge in [-0.2, -0.15) is 0 Å². The van der Waals surface area contributed by atoms with E-state index >= 15 is 0 Å². The number of carbonyl (C=O) groups excluding carboxylic acids is 2. The average molecular weight is 269 g/mol. The lowest BCUT2D eigenvalue weighted by atomic mass is 10.2. The Morgan fingerprint density at radius 3 is 2.95 bits per heavy atom. The van der Waals surface area contributed by atoms with E-state index in [9.17, 15) is 9.59 Å². The van der Waals surface area contributed by atoms with Gasteiger partial charge in [0.15, 0.2) is 6.29 Å². The van der Waals surface area contributed by atoms with Crippen LogP contribution in [0.15, 0.2) is 0 Å². The van der Waals surface area contributed by atoms with E-state index in [4.69, 9.17) is 9.47 Å². The van der Waals surface area contributed by atoms with E-state index in [1.54, 1.807) is 4.90 Å². The molecule has 2 aliphatic heterocycles. The number of rotatable bonds is 7. The van der Waals surface area contributed by atoms with E-state index in [0.717, 1.165) is 38.6 Å². The standard InChI is InChI=1S/C14H23NO4/c16-11-12-6-7-13(17)15(12)8-2-4-10-19-14-5-1-3-9-18-14/h11-12,14H,1-10H2/t12-,14?/m0/s1. The van der Waals surface area contributed by atoms with E-state index in [-0.39, 0.29) is 18.2 Å². The highest BCUT2D eigenvalue weighted by atomic mass is 16.7. The molecule has 0 saturated carbocycles. The fourth-order valence-corrected chi connectivity index (χ4v) is 2.63. The van der Waals surface area contributed by atoms with Gasteiger partial charge >= 0.3 is 0 Å². The molecule has 1 unspecified atom stereocenters. The van der Waals surface area contributed by atoms with Gasteiger partial charge in [0.25, 0.3) is 0 Å². The minimum absolute atomic E-state index is 0.0371. The molecule has 2 atom stereocenters. The van der Waals surface area contributed by atoms with Crippen LogP contribution in [0.3, 0.4) is 0 Å². The Morgan fingerprint density at radius 1 is 1.32 bits per heavy atom. The van der Waals surface area contributed by atoms with Crippen LogP contribution in [0.25, 0.3) is 0 Å². The van der Waals surface area contributed by atoms with E-state index in [0.29, 0.717) is 26.0 Å². The Kier molecular flexibility index (Phi) is 5.79. The van der Waals surface area contributed by atoms with Gasteiger partial charge in [-0.3, -0.25) is 4.79 Å². The van der Waals surface area contributed by atoms with Gasteiger partial charge in [-0.25, -0.2) is 0 Å². The predicted molar refractivity (Wildman–Crippen MR) is 69.6 cm³/mol. The first-order valence-electron chi connectivity index (χ1n) is 7.29. The number of hydrogen-bond donors (Lipinski definition) is 0. The van der Waals surface area contributed by atoms with Crippen molar-refractivity contribution in [1.82, 2.24) is 4.90 Å². The molecule has 0 bridgehead atoms. The van der Waals surface area contributed by atoms with Crippen molar-refractivity contribution in [3.8, 4) is 0 Å². The second-order valence-electron chi connectivity index (χ2n) is 5.20. The average Bonchev–Trinajstić information content (AvgIpc) is 2.80. The molecule has 0 aromatic rings. The predicted octanol–water partition coefficient (Wildman–Crippen LogP) is 1.50. The molecule has 2 fully saturated rings. The normalized spacial score (nSPS) is 27.8. The quantitative estimate of drug-likeness (QED) is 0.519. The highest BCUT2D eigenvalue weighted by Gasteiger charge is 2.29. The monoisotopic (exact) mass is 269 g/mol. The summed E-state index contributed by atoms with van der Waals surface area (Å²) >= 11 is 0. The molecule has 0 radical (unpaired) electrons. The van der Waals surface area contributed by atoms with Gasteiger partial charge in [0, 0.05) is 26.2 Å². The largest absolute Gasteiger partial charge is 0.353 e. The third-order valence-electron chi connectivity index (χ3n) is 3.77. The maximum atomic E-state index is 11.6. The zero-order valence-electron chi connectivity index (χ0n) is 11.4. The molecule has 1 amide bonds. The van der Waals surface area contributed by atoms with E-state index < -0.39 is 0 Å². The lowest BCUT2D eigenvalue weighted by Gasteiger charge is -2.23. The van der Waals surface area contributed by atoms with Crippen molar-refractivity contribution in [3.63, 3.8) is 0 Å². The Bertz CT molecular complexity index is 302. The van der Waals surface area contributed by atoms with E-state index in [1.807, 2.05) is 0 Å². The molecule has 0 N–H and O–H groups in total. The Hall–Kier alpha value is -0.940. The molecule has 2 heterocycles. The molecule has 0 aliphatic carbocycles. The minimum atomic E-state index is -0.199. The van der Waals surface area contributed by atoms with Crippen LogP contribution < -0.4 is 0 Å². The number of hydrogen-bond acceptors (Lipinski definition) is 4. The second kappa shape index (κ2) is 7.60. The van der Waals surface area contributed by atoms with Crippen LogP contribution in [-0.2, 0) is 19.1 Å². The van der Waals surface area contributed by atoms with Gasteiger partial charge in [0.05, 0.1) is 6.04 Å². The molecular formula is C14H23NO4. The third kappa shape index (κ3) is 4.28. The van der Waals surface area contributed by atoms with Gasteiger partial charge in [-0.15, -0.1) is 0 Å². The summed E-state index contributed by atoms with van der Waals surface area (Å²) in [5.41, 5.74) is 0. The van der Waals surface area contributed by atoms with Crippen molar-refractivity contribution in [3.05, 3.63) is 0 Å². The topological polar surface area (TPSA) is 55.8 Å². The summed E-state index contributed by atoms with van der Waals surface area (Å²) in [6.45, 7) is 2.13. The van der Waals surface area contributed by atoms with Gasteiger partial charge in [0.2, 0.25) is 5.91 Å². The highest BCUT2D eigenvalue weighted by Crippen LogP contribution is 2.18. The zero-order valence-corrected chi connectivity index (χ0v) is 11.4. The summed E-state index contributed by atoms with van der Waals surface area (Å²) in [5, 5.41) is 0. The van der Waals surface area contributed by atoms with Gasteiger partial charge in [-0.05, 0) is 38.5 Å². The summed E-state index contributed by atoms with van der Waals surface area (Å²) < 4.78 is 11.1. The smallest absolute Gasteiger partial charge is 0.223 e. The van der Waals surface area contributed by atoms with Crippen molar-refractivity contribution in [1.29, 1.82) is 0 Å². The van der Waals surface area contributed by atoms with Crippen LogP contribution in [0.4, 0.5) is 0 Å². The van der Waals surface area contributed by atoms with Gasteiger partial charge < -0.3 is 19.2 Å². The summed E-state index contributed by atoms with van der Waals surface area (Å²) in [4.78, 5) is 24.1. The van der Waals surface area contributed by atoms with Crippen molar-refractivity contribution < 1.29 is 19.1 Å². The van der Waals surface area contributed by atoms with Crippen molar-refractivity contribution >= 4 is 12.2 Å². The fraction of sp³-hybridized carbons (Fsp3) is 0.857. The summed E-state index contributed by atoms with van der Waals surface area (Å²) in [6.07, 6.45) is 7.10. The zero-order chi connectivity index (χ0) is 13.5. The summed E-state index contributed by atoms with van der Waals surface area (Å²) in [6, 6.07) is -0.199. The van der Waals surface area contributed by atoms with Crippen molar-refractivity contribution in [2.24, 2.45) is 0 Å². The molecule has 2 rings (SSSR count). The number of carbonyl (C=O) groups is 2. The minimum Gasteiger partial charge on any atom is -0.353 e. The first kappa shape index (κ1) is 14.5. The molecule has 0 aromatic heterocycles. The molecular weight excluding hydrogens is 246 g/mol. The highest BCUT2D eigenvalue weighted by molar-refractivity contribution is 5.83. The van der Waals surface area contributed by atoms with Crippen LogP contribution in [0, 0.1) is 0 Å². The molecule has 108 valence electrons. The van der Waals surface area contributed by atoms with Crippen LogP contribution in [0.2, 0.25) is 0 Å². The third-order valence-corrected chi connectivity index (χ3v) is 3.77. The maximum absolute atomic E-state index is 11.6. The van der Waals surface area contributed by atoms with Crippen molar-refractivity contribution in [2.45, 2.75) is 57.3 Å². The van der Waals surface area contributed by atoms with Crippen LogP contribution in [0.1, 0.15) is 44.9 Å². The molecule has 5 nitrogen and oxygen atoms in total. The Balaban J connectivity index is 1.56. The Morgan fingerprint density at radius 2 is 2.21 bits per heavy atom. The second-order valence-corrected chi connectivity index (χ2v) is 5.20. The van der Waals surface area contributed by atoms with Gasteiger partial charge in [0.1, 0.15) is 6.29 Å². The number of aldehydes is 1. The molecule has 2 aliphatic rings. The van der Waals surface area contributed by atoms with Gasteiger partial charge in [-0.1, -0.05) is 0 Å². The van der Waals surface area contributed by atoms with Crippen LogP contribution in [0.5, 0.6) is 0 Å². The maximum Gasteiger partial charge on any atom is 0.223 e. The van der Waals surface area contributed by atoms with Crippen LogP contribution in [-0.4, -0.2) is 49.2 Å². The molecule has 0 aromatic carbocycles. The Labute approximate surface area is 114 Å². The van der Waals surface area contributed by atoms with E-state index in [1.165, 1.54) is 6.42 Å². The first-order valence-corrected chi connectivity index (χ1v) is 7.29. The number of unbranched alkanes of at least 4 members (excludes halogenated alkanes) is 1. The van der Waals surface area contributed by atoms with Crippen LogP contribution >= 0.6 is 0 Å². The first-order chi connectivity index (χ1) is 9.31. The number of amides is 1. The van der Waals surface area contributed by atoms with Crippen molar-refractivity contribution in [2.75, 3.05) is 19.8 Å². The fourth-order valence-electron chi connectivity index (χ4n) is 2.63. The van der Waals surface area contributed by atoms with E-state index in [2.05, 4.69) is 0 Å². The number of likely N-dealkylation sites (tertiary alicyclic amines) is 1. The molecule has 0 spiro atoms. The molecule has 19 heavy (non-hydrogen) atoms.